The van der Waals surface area contributed by atoms with Crippen molar-refractivity contribution in [3.63, 3.8) is 0 Å². The lowest BCUT2D eigenvalue weighted by Crippen LogP contribution is -2.24. The fourth-order valence-corrected chi connectivity index (χ4v) is 2.13. The molecule has 6 heteroatoms. The van der Waals surface area contributed by atoms with Gasteiger partial charge in [-0.1, -0.05) is 11.6 Å². The summed E-state index contributed by atoms with van der Waals surface area (Å²) in [7, 11) is 0. The third-order valence-corrected chi connectivity index (χ3v) is 3.27. The molecule has 1 fully saturated rings. The number of aromatic nitrogens is 2. The molecule has 2 heterocycles. The third kappa shape index (κ3) is 2.98. The number of halogens is 1. The van der Waals surface area contributed by atoms with Gasteiger partial charge < -0.3 is 10.5 Å². The molecule has 2 rings (SSSR count). The summed E-state index contributed by atoms with van der Waals surface area (Å²) in [6.07, 6.45) is 5.90. The van der Waals surface area contributed by atoms with Crippen LogP contribution in [0.4, 0.5) is 5.69 Å². The van der Waals surface area contributed by atoms with Crippen LogP contribution < -0.4 is 11.3 Å². The normalized spacial score (nSPS) is 19.7. The highest BCUT2D eigenvalue weighted by molar-refractivity contribution is 6.31. The maximum atomic E-state index is 11.7. The number of nitrogen functional groups attached to an aromatic ring is 1. The van der Waals surface area contributed by atoms with E-state index in [4.69, 9.17) is 22.1 Å². The van der Waals surface area contributed by atoms with Crippen LogP contribution in [0.1, 0.15) is 25.7 Å². The molecule has 0 amide bonds. The second-order valence-corrected chi connectivity index (χ2v) is 4.58. The number of anilines is 1. The first-order valence-corrected chi connectivity index (χ1v) is 6.18. The van der Waals surface area contributed by atoms with E-state index in [1.165, 1.54) is 10.9 Å². The molecule has 1 aromatic heterocycles. The van der Waals surface area contributed by atoms with Gasteiger partial charge in [-0.05, 0) is 25.7 Å². The Morgan fingerprint density at radius 1 is 1.65 bits per heavy atom. The summed E-state index contributed by atoms with van der Waals surface area (Å²) >= 11 is 5.65. The van der Waals surface area contributed by atoms with Gasteiger partial charge in [0.05, 0.1) is 12.4 Å². The van der Waals surface area contributed by atoms with Gasteiger partial charge in [-0.3, -0.25) is 9.36 Å². The lowest BCUT2D eigenvalue weighted by molar-refractivity contribution is 0.101. The molecule has 1 atom stereocenters. The molecule has 94 valence electrons. The minimum absolute atomic E-state index is 0.0197. The van der Waals surface area contributed by atoms with Crippen molar-refractivity contribution in [3.8, 4) is 0 Å². The van der Waals surface area contributed by atoms with Gasteiger partial charge in [-0.25, -0.2) is 4.98 Å². The fourth-order valence-electron chi connectivity index (χ4n) is 2.01. The summed E-state index contributed by atoms with van der Waals surface area (Å²) < 4.78 is 7.01. The van der Waals surface area contributed by atoms with Gasteiger partial charge in [-0.15, -0.1) is 0 Å². The Morgan fingerprint density at radius 2 is 2.47 bits per heavy atom. The second kappa shape index (κ2) is 5.51. The highest BCUT2D eigenvalue weighted by Crippen LogP contribution is 2.17. The molecule has 1 aliphatic heterocycles. The standard InChI is InChI=1S/C11H16ClN3O2/c12-10-9(13)11(16)15(7-14-10)5-1-3-8-4-2-6-17-8/h7-8H,1-6,13H2. The summed E-state index contributed by atoms with van der Waals surface area (Å²) in [6.45, 7) is 1.47. The first-order chi connectivity index (χ1) is 8.18. The zero-order chi connectivity index (χ0) is 12.3. The SMILES string of the molecule is Nc1c(Cl)ncn(CCCC2CCCO2)c1=O. The molecule has 5 nitrogen and oxygen atoms in total. The quantitative estimate of drug-likeness (QED) is 0.829. The van der Waals surface area contributed by atoms with Crippen LogP contribution >= 0.6 is 11.6 Å². The van der Waals surface area contributed by atoms with Gasteiger partial charge >= 0.3 is 0 Å². The molecule has 1 saturated heterocycles. The van der Waals surface area contributed by atoms with Crippen LogP contribution in [0.3, 0.4) is 0 Å². The smallest absolute Gasteiger partial charge is 0.278 e. The summed E-state index contributed by atoms with van der Waals surface area (Å²) in [5.74, 6) is 0. The van der Waals surface area contributed by atoms with E-state index < -0.39 is 0 Å². The van der Waals surface area contributed by atoms with Gasteiger partial charge in [0, 0.05) is 13.2 Å². The number of hydrogen-bond acceptors (Lipinski definition) is 4. The van der Waals surface area contributed by atoms with E-state index >= 15 is 0 Å². The van der Waals surface area contributed by atoms with Crippen molar-refractivity contribution in [1.82, 2.24) is 9.55 Å². The molecule has 0 aromatic carbocycles. The molecular weight excluding hydrogens is 242 g/mol. The van der Waals surface area contributed by atoms with Crippen LogP contribution in [0.15, 0.2) is 11.1 Å². The van der Waals surface area contributed by atoms with Crippen molar-refractivity contribution in [3.05, 3.63) is 21.8 Å². The molecular formula is C11H16ClN3O2. The molecule has 0 saturated carbocycles. The van der Waals surface area contributed by atoms with E-state index in [-0.39, 0.29) is 16.4 Å². The maximum Gasteiger partial charge on any atom is 0.278 e. The van der Waals surface area contributed by atoms with Crippen LogP contribution in [0.2, 0.25) is 5.15 Å². The molecule has 1 unspecified atom stereocenters. The topological polar surface area (TPSA) is 70.1 Å². The Balaban J connectivity index is 1.90. The highest BCUT2D eigenvalue weighted by atomic mass is 35.5. The van der Waals surface area contributed by atoms with Crippen LogP contribution in [-0.4, -0.2) is 22.3 Å². The summed E-state index contributed by atoms with van der Waals surface area (Å²) in [6, 6.07) is 0. The monoisotopic (exact) mass is 257 g/mol. The van der Waals surface area contributed by atoms with Gasteiger partial charge in [0.15, 0.2) is 5.15 Å². The number of aryl methyl sites for hydroxylation is 1. The van der Waals surface area contributed by atoms with Crippen LogP contribution in [-0.2, 0) is 11.3 Å². The number of hydrogen-bond donors (Lipinski definition) is 1. The molecule has 0 aliphatic carbocycles. The zero-order valence-corrected chi connectivity index (χ0v) is 10.3. The average Bonchev–Trinajstić information content (AvgIpc) is 2.82. The molecule has 0 radical (unpaired) electrons. The van der Waals surface area contributed by atoms with E-state index in [0.717, 1.165) is 32.3 Å². The molecule has 2 N–H and O–H groups in total. The third-order valence-electron chi connectivity index (χ3n) is 2.97. The molecule has 0 spiro atoms. The number of nitrogens with zero attached hydrogens (tertiary/aromatic N) is 2. The average molecular weight is 258 g/mol. The van der Waals surface area contributed by atoms with E-state index in [1.807, 2.05) is 0 Å². The molecule has 0 bridgehead atoms. The molecule has 1 aromatic rings. The van der Waals surface area contributed by atoms with Crippen molar-refractivity contribution < 1.29 is 4.74 Å². The number of rotatable bonds is 4. The molecule has 17 heavy (non-hydrogen) atoms. The Hall–Kier alpha value is -1.07. The van der Waals surface area contributed by atoms with E-state index in [2.05, 4.69) is 4.98 Å². The van der Waals surface area contributed by atoms with Crippen LogP contribution in [0.5, 0.6) is 0 Å². The maximum absolute atomic E-state index is 11.7. The second-order valence-electron chi connectivity index (χ2n) is 4.22. The predicted octanol–water partition coefficient (Wildman–Crippen LogP) is 1.44. The van der Waals surface area contributed by atoms with Crippen molar-refractivity contribution in [2.75, 3.05) is 12.3 Å². The van der Waals surface area contributed by atoms with Gasteiger partial charge in [0.25, 0.3) is 5.56 Å². The Labute approximate surface area is 105 Å². The fraction of sp³-hybridized carbons (Fsp3) is 0.636. The predicted molar refractivity (Wildman–Crippen MR) is 66.1 cm³/mol. The zero-order valence-electron chi connectivity index (χ0n) is 9.56. The van der Waals surface area contributed by atoms with Gasteiger partial charge in [0.2, 0.25) is 0 Å². The van der Waals surface area contributed by atoms with Crippen molar-refractivity contribution in [1.29, 1.82) is 0 Å². The number of nitrogens with two attached hydrogens (primary N) is 1. The Kier molecular flexibility index (Phi) is 4.02. The first-order valence-electron chi connectivity index (χ1n) is 5.80. The van der Waals surface area contributed by atoms with Crippen LogP contribution in [0, 0.1) is 0 Å². The Bertz CT molecular complexity index is 441. The number of ether oxygens (including phenoxy) is 1. The van der Waals surface area contributed by atoms with Gasteiger partial charge in [-0.2, -0.15) is 0 Å². The lowest BCUT2D eigenvalue weighted by atomic mass is 10.1. The first kappa shape index (κ1) is 12.4. The molecule has 1 aliphatic rings. The summed E-state index contributed by atoms with van der Waals surface area (Å²) in [5, 5.41) is 0.0744. The highest BCUT2D eigenvalue weighted by Gasteiger charge is 2.15. The van der Waals surface area contributed by atoms with E-state index in [1.54, 1.807) is 0 Å². The van der Waals surface area contributed by atoms with Crippen molar-refractivity contribution in [2.24, 2.45) is 0 Å². The largest absolute Gasteiger partial charge is 0.392 e. The lowest BCUT2D eigenvalue weighted by Gasteiger charge is -2.10. The van der Waals surface area contributed by atoms with E-state index in [9.17, 15) is 4.79 Å². The summed E-state index contributed by atoms with van der Waals surface area (Å²) in [4.78, 5) is 15.6. The van der Waals surface area contributed by atoms with Crippen LogP contribution in [0.25, 0.3) is 0 Å². The van der Waals surface area contributed by atoms with Crippen molar-refractivity contribution >= 4 is 17.3 Å². The minimum atomic E-state index is -0.266. The van der Waals surface area contributed by atoms with Crippen molar-refractivity contribution in [2.45, 2.75) is 38.3 Å². The van der Waals surface area contributed by atoms with E-state index in [0.29, 0.717) is 12.6 Å². The Morgan fingerprint density at radius 3 is 3.18 bits per heavy atom. The minimum Gasteiger partial charge on any atom is -0.392 e. The van der Waals surface area contributed by atoms with Gasteiger partial charge in [0.1, 0.15) is 5.69 Å². The summed E-state index contributed by atoms with van der Waals surface area (Å²) in [5.41, 5.74) is 5.28.